The molecule has 2 N–H and O–H groups in total. The van der Waals surface area contributed by atoms with E-state index >= 15 is 4.39 Å². The van der Waals surface area contributed by atoms with Crippen LogP contribution in [0.25, 0.3) is 0 Å². The molecule has 0 radical (unpaired) electrons. The second kappa shape index (κ2) is 10.4. The smallest absolute Gasteiger partial charge is 0.276 e. The van der Waals surface area contributed by atoms with Gasteiger partial charge in [-0.15, -0.1) is 0 Å². The molecule has 0 fully saturated rings. The Bertz CT molecular complexity index is 1590. The third kappa shape index (κ3) is 5.23. The highest BCUT2D eigenvalue weighted by atomic mass is 35.5. The fourth-order valence-corrected chi connectivity index (χ4v) is 4.26. The van der Waals surface area contributed by atoms with E-state index in [1.807, 2.05) is 0 Å². The lowest BCUT2D eigenvalue weighted by Crippen LogP contribution is -2.44. The lowest BCUT2D eigenvalue weighted by atomic mass is 9.96. The summed E-state index contributed by atoms with van der Waals surface area (Å²) in [5, 5.41) is 12.5. The van der Waals surface area contributed by atoms with Gasteiger partial charge in [0.05, 0.1) is 14.6 Å². The summed E-state index contributed by atoms with van der Waals surface area (Å²) in [6.45, 7) is -0.156. The van der Waals surface area contributed by atoms with Crippen LogP contribution < -0.4 is 20.3 Å². The lowest BCUT2D eigenvalue weighted by molar-refractivity contribution is 0.0569. The molecule has 206 valence electrons. The zero-order valence-electron chi connectivity index (χ0n) is 22.5. The molecule has 10 nitrogen and oxygen atoms in total. The molecule has 3 atom stereocenters. The first-order chi connectivity index (χ1) is 19.3. The SMILES string of the molecule is [2H]C([2H])(Oc1cc2n(c(=O)c1Cl)C1C(=CN[C@@H](c3ccnc(C(C)(C)O)n3)[C@H]1F)OCCO2)c1ncc(F)cc1F. The van der Waals surface area contributed by atoms with Gasteiger partial charge in [0.2, 0.25) is 5.88 Å². The highest BCUT2D eigenvalue weighted by Gasteiger charge is 2.42. The summed E-state index contributed by atoms with van der Waals surface area (Å²) >= 11 is 6.28. The minimum atomic E-state index is -2.99. The summed E-state index contributed by atoms with van der Waals surface area (Å²) < 4.78 is 77.6. The highest BCUT2D eigenvalue weighted by Crippen LogP contribution is 2.40. The number of fused-ring (bicyclic) bond motifs is 3. The van der Waals surface area contributed by atoms with Crippen molar-refractivity contribution in [2.75, 3.05) is 13.2 Å². The monoisotopic (exact) mass is 567 g/mol. The molecule has 0 spiro atoms. The molecular formula is C25H23ClF3N5O5. The molecule has 5 heterocycles. The lowest BCUT2D eigenvalue weighted by Gasteiger charge is -2.37. The number of halogens is 4. The number of hydrogen-bond acceptors (Lipinski definition) is 9. The fraction of sp³-hybridized carbons (Fsp3) is 0.360. The van der Waals surface area contributed by atoms with E-state index in [1.54, 1.807) is 0 Å². The van der Waals surface area contributed by atoms with E-state index in [4.69, 9.17) is 28.6 Å². The van der Waals surface area contributed by atoms with Gasteiger partial charge in [-0.2, -0.15) is 0 Å². The maximum Gasteiger partial charge on any atom is 0.276 e. The molecule has 2 aliphatic heterocycles. The van der Waals surface area contributed by atoms with Crippen LogP contribution in [-0.2, 0) is 16.9 Å². The van der Waals surface area contributed by atoms with Gasteiger partial charge in [-0.3, -0.25) is 14.3 Å². The predicted molar refractivity (Wildman–Crippen MR) is 131 cm³/mol. The third-order valence-corrected chi connectivity index (χ3v) is 6.27. The van der Waals surface area contributed by atoms with E-state index < -0.39 is 64.1 Å². The Morgan fingerprint density at radius 2 is 2.08 bits per heavy atom. The Labute approximate surface area is 227 Å². The van der Waals surface area contributed by atoms with E-state index in [9.17, 15) is 18.7 Å². The van der Waals surface area contributed by atoms with Crippen LogP contribution in [0.15, 0.2) is 47.3 Å². The molecule has 2 aliphatic rings. The number of aliphatic hydroxyl groups is 1. The van der Waals surface area contributed by atoms with Gasteiger partial charge in [0.15, 0.2) is 17.8 Å². The maximum absolute atomic E-state index is 16.3. The van der Waals surface area contributed by atoms with Crippen molar-refractivity contribution in [3.05, 3.63) is 86.8 Å². The molecule has 3 aromatic rings. The van der Waals surface area contributed by atoms with Crippen LogP contribution in [0.5, 0.6) is 11.6 Å². The van der Waals surface area contributed by atoms with Gasteiger partial charge >= 0.3 is 0 Å². The van der Waals surface area contributed by atoms with Crippen molar-refractivity contribution in [2.45, 2.75) is 44.3 Å². The summed E-state index contributed by atoms with van der Waals surface area (Å²) in [6, 6.07) is 0.411. The molecule has 14 heteroatoms. The van der Waals surface area contributed by atoms with Crippen molar-refractivity contribution in [2.24, 2.45) is 0 Å². The van der Waals surface area contributed by atoms with Crippen molar-refractivity contribution in [3.63, 3.8) is 0 Å². The van der Waals surface area contributed by atoms with Gasteiger partial charge in [-0.1, -0.05) is 11.6 Å². The number of ether oxygens (including phenoxy) is 3. The molecule has 1 unspecified atom stereocenters. The summed E-state index contributed by atoms with van der Waals surface area (Å²) in [4.78, 5) is 25.3. The third-order valence-electron chi connectivity index (χ3n) is 5.92. The van der Waals surface area contributed by atoms with Crippen molar-refractivity contribution in [1.29, 1.82) is 0 Å². The number of rotatable bonds is 5. The minimum absolute atomic E-state index is 0.0314. The van der Waals surface area contributed by atoms with E-state index in [2.05, 4.69) is 20.3 Å². The van der Waals surface area contributed by atoms with Crippen LogP contribution >= 0.6 is 11.6 Å². The largest absolute Gasteiger partial charge is 0.491 e. The number of hydrogen-bond donors (Lipinski definition) is 2. The number of allylic oxidation sites excluding steroid dienone is 1. The van der Waals surface area contributed by atoms with E-state index in [0.717, 1.165) is 10.6 Å². The molecule has 0 bridgehead atoms. The Morgan fingerprint density at radius 1 is 1.31 bits per heavy atom. The molecule has 0 amide bonds. The van der Waals surface area contributed by atoms with Crippen LogP contribution in [0.1, 0.15) is 45.9 Å². The molecule has 5 rings (SSSR count). The fourth-order valence-electron chi connectivity index (χ4n) is 4.08. The molecule has 0 saturated carbocycles. The number of nitrogens with one attached hydrogen (secondary N) is 1. The van der Waals surface area contributed by atoms with Crippen molar-refractivity contribution in [3.8, 4) is 11.6 Å². The standard InChI is InChI=1S/C25H23ClF3N5O5/c1-25(2,36)24-30-4-3-14(33-24)21-20(29)22-17(10-32-21)37-5-6-38-18-8-16(19(26)23(35)34(18)22)39-11-15-13(28)7-12(27)9-31-15/h3-4,7-10,20-22,32,36H,5-6,11H2,1-2H3/t20-,21+,22?/m1/s1/i11D2. The topological polar surface area (TPSA) is 121 Å². The molecule has 0 aliphatic carbocycles. The number of pyridine rings is 2. The van der Waals surface area contributed by atoms with Crippen molar-refractivity contribution in [1.82, 2.24) is 24.8 Å². The van der Waals surface area contributed by atoms with E-state index in [-0.39, 0.29) is 36.4 Å². The van der Waals surface area contributed by atoms with Gasteiger partial charge in [0.25, 0.3) is 5.56 Å². The normalized spacial score (nSPS) is 21.8. The molecule has 0 aromatic carbocycles. The molecule has 3 aromatic heterocycles. The number of aromatic nitrogens is 4. The Kier molecular flexibility index (Phi) is 6.44. The van der Waals surface area contributed by atoms with Crippen LogP contribution in [0, 0.1) is 11.6 Å². The zero-order valence-corrected chi connectivity index (χ0v) is 21.2. The van der Waals surface area contributed by atoms with Gasteiger partial charge in [0.1, 0.15) is 65.5 Å². The zero-order chi connectivity index (χ0) is 29.7. The van der Waals surface area contributed by atoms with Gasteiger partial charge in [-0.05, 0) is 19.9 Å². The second-order valence-corrected chi connectivity index (χ2v) is 9.54. The van der Waals surface area contributed by atoms with Crippen LogP contribution in [0.4, 0.5) is 13.2 Å². The predicted octanol–water partition coefficient (Wildman–Crippen LogP) is 3.25. The van der Waals surface area contributed by atoms with E-state index in [1.165, 1.54) is 32.3 Å². The van der Waals surface area contributed by atoms with Crippen LogP contribution in [0.2, 0.25) is 5.02 Å². The second-order valence-electron chi connectivity index (χ2n) is 9.17. The van der Waals surface area contributed by atoms with E-state index in [0.29, 0.717) is 12.3 Å². The summed E-state index contributed by atoms with van der Waals surface area (Å²) in [7, 11) is 0. The Hall–Kier alpha value is -3.84. The number of alkyl halides is 1. The maximum atomic E-state index is 16.3. The molecule has 39 heavy (non-hydrogen) atoms. The average molecular weight is 568 g/mol. The Morgan fingerprint density at radius 3 is 2.82 bits per heavy atom. The first kappa shape index (κ1) is 24.2. The molecule has 0 saturated heterocycles. The number of nitrogens with zero attached hydrogens (tertiary/aromatic N) is 4. The quantitative estimate of drug-likeness (QED) is 0.478. The highest BCUT2D eigenvalue weighted by molar-refractivity contribution is 6.31. The summed E-state index contributed by atoms with van der Waals surface area (Å²) in [5.74, 6) is -3.03. The van der Waals surface area contributed by atoms with Crippen LogP contribution in [0.3, 0.4) is 0 Å². The van der Waals surface area contributed by atoms with Gasteiger partial charge < -0.3 is 24.6 Å². The first-order valence-electron chi connectivity index (χ1n) is 12.6. The Balaban J connectivity index is 1.56. The van der Waals surface area contributed by atoms with Crippen molar-refractivity contribution >= 4 is 11.6 Å². The minimum Gasteiger partial charge on any atom is -0.491 e. The average Bonchev–Trinajstić information content (AvgIpc) is 2.88. The summed E-state index contributed by atoms with van der Waals surface area (Å²) in [5.41, 5.74) is -3.13. The van der Waals surface area contributed by atoms with Gasteiger partial charge in [0, 0.05) is 24.5 Å². The van der Waals surface area contributed by atoms with Gasteiger partial charge in [-0.25, -0.2) is 23.1 Å². The van der Waals surface area contributed by atoms with Crippen molar-refractivity contribution < 1.29 is 35.2 Å². The summed E-state index contributed by atoms with van der Waals surface area (Å²) in [6.07, 6.45) is 1.46. The van der Waals surface area contributed by atoms with Crippen LogP contribution in [-0.4, -0.2) is 44.0 Å². The molecular weight excluding hydrogens is 543 g/mol. The first-order valence-corrected chi connectivity index (χ1v) is 12.0.